The molecule has 7 heteroatoms. The SMILES string of the molecule is Cc1c(N2CCc3ncc(-c4ccccc4Cl)cc3C2)nn2c(=O)ccnc2c1C. The molecule has 150 valence electrons. The maximum Gasteiger partial charge on any atom is 0.274 e. The van der Waals surface area contributed by atoms with Crippen molar-refractivity contribution in [1.29, 1.82) is 0 Å². The predicted molar refractivity (Wildman–Crippen MR) is 118 cm³/mol. The summed E-state index contributed by atoms with van der Waals surface area (Å²) in [6.45, 7) is 5.48. The lowest BCUT2D eigenvalue weighted by Crippen LogP contribution is -2.33. The van der Waals surface area contributed by atoms with E-state index in [0.717, 1.165) is 52.3 Å². The number of benzene rings is 1. The summed E-state index contributed by atoms with van der Waals surface area (Å²) in [6.07, 6.45) is 4.24. The molecular weight excluding hydrogens is 398 g/mol. The molecule has 0 saturated carbocycles. The molecule has 0 radical (unpaired) electrons. The van der Waals surface area contributed by atoms with Gasteiger partial charge in [-0.2, -0.15) is 4.52 Å². The van der Waals surface area contributed by atoms with Crippen LogP contribution in [0, 0.1) is 13.8 Å². The zero-order valence-corrected chi connectivity index (χ0v) is 17.5. The summed E-state index contributed by atoms with van der Waals surface area (Å²) in [7, 11) is 0. The van der Waals surface area contributed by atoms with Crippen LogP contribution in [-0.2, 0) is 13.0 Å². The van der Waals surface area contributed by atoms with Crippen molar-refractivity contribution in [3.63, 3.8) is 0 Å². The third kappa shape index (κ3) is 3.04. The Morgan fingerprint density at radius 1 is 1.07 bits per heavy atom. The van der Waals surface area contributed by atoms with Gasteiger partial charge in [0.15, 0.2) is 11.5 Å². The molecule has 0 spiro atoms. The van der Waals surface area contributed by atoms with Gasteiger partial charge >= 0.3 is 0 Å². The van der Waals surface area contributed by atoms with Crippen LogP contribution in [0.5, 0.6) is 0 Å². The van der Waals surface area contributed by atoms with E-state index in [1.807, 2.05) is 44.3 Å². The van der Waals surface area contributed by atoms with Gasteiger partial charge < -0.3 is 4.90 Å². The summed E-state index contributed by atoms with van der Waals surface area (Å²) < 4.78 is 1.39. The maximum absolute atomic E-state index is 12.3. The van der Waals surface area contributed by atoms with Crippen molar-refractivity contribution in [2.24, 2.45) is 0 Å². The first-order valence-electron chi connectivity index (χ1n) is 9.86. The van der Waals surface area contributed by atoms with Crippen LogP contribution in [0.15, 0.2) is 53.6 Å². The minimum absolute atomic E-state index is 0.176. The van der Waals surface area contributed by atoms with E-state index in [4.69, 9.17) is 16.6 Å². The Bertz CT molecular complexity index is 1350. The fourth-order valence-corrected chi connectivity index (χ4v) is 4.25. The molecule has 1 aromatic carbocycles. The Kier molecular flexibility index (Phi) is 4.51. The molecule has 0 N–H and O–H groups in total. The number of aryl methyl sites for hydroxylation is 1. The fraction of sp³-hybridized carbons (Fsp3) is 0.217. The van der Waals surface area contributed by atoms with Crippen LogP contribution >= 0.6 is 11.6 Å². The molecule has 30 heavy (non-hydrogen) atoms. The minimum Gasteiger partial charge on any atom is -0.350 e. The lowest BCUT2D eigenvalue weighted by atomic mass is 10.00. The molecule has 3 aromatic heterocycles. The summed E-state index contributed by atoms with van der Waals surface area (Å²) in [5.41, 5.74) is 6.64. The second-order valence-corrected chi connectivity index (χ2v) is 7.98. The van der Waals surface area contributed by atoms with E-state index in [0.29, 0.717) is 17.2 Å². The molecule has 0 bridgehead atoms. The van der Waals surface area contributed by atoms with Crippen molar-refractivity contribution in [1.82, 2.24) is 19.6 Å². The number of aromatic nitrogens is 4. The molecule has 0 fully saturated rings. The van der Waals surface area contributed by atoms with E-state index >= 15 is 0 Å². The maximum atomic E-state index is 12.3. The van der Waals surface area contributed by atoms with Gasteiger partial charge in [-0.3, -0.25) is 9.78 Å². The molecule has 0 amide bonds. The van der Waals surface area contributed by atoms with Crippen LogP contribution < -0.4 is 10.5 Å². The van der Waals surface area contributed by atoms with Crippen molar-refractivity contribution in [3.8, 4) is 11.1 Å². The normalized spacial score (nSPS) is 13.5. The van der Waals surface area contributed by atoms with E-state index in [-0.39, 0.29) is 5.56 Å². The monoisotopic (exact) mass is 417 g/mol. The summed E-state index contributed by atoms with van der Waals surface area (Å²) in [4.78, 5) is 23.6. The number of hydrogen-bond donors (Lipinski definition) is 0. The molecule has 0 saturated heterocycles. The highest BCUT2D eigenvalue weighted by molar-refractivity contribution is 6.33. The van der Waals surface area contributed by atoms with Crippen molar-refractivity contribution in [2.75, 3.05) is 11.4 Å². The molecule has 1 aliphatic heterocycles. The Hall–Kier alpha value is -3.25. The third-order valence-electron chi connectivity index (χ3n) is 5.78. The minimum atomic E-state index is -0.176. The first kappa shape index (κ1) is 18.8. The summed E-state index contributed by atoms with van der Waals surface area (Å²) in [6, 6.07) is 11.4. The highest BCUT2D eigenvalue weighted by atomic mass is 35.5. The van der Waals surface area contributed by atoms with E-state index in [2.05, 4.69) is 21.0 Å². The summed E-state index contributed by atoms with van der Waals surface area (Å²) in [5, 5.41) is 5.36. The Balaban J connectivity index is 1.57. The smallest absolute Gasteiger partial charge is 0.274 e. The Morgan fingerprint density at radius 3 is 2.73 bits per heavy atom. The second kappa shape index (κ2) is 7.22. The molecule has 5 rings (SSSR count). The molecule has 4 aromatic rings. The van der Waals surface area contributed by atoms with E-state index in [9.17, 15) is 4.79 Å². The first-order chi connectivity index (χ1) is 14.5. The number of fused-ring (bicyclic) bond motifs is 2. The van der Waals surface area contributed by atoms with Crippen molar-refractivity contribution < 1.29 is 0 Å². The van der Waals surface area contributed by atoms with E-state index < -0.39 is 0 Å². The van der Waals surface area contributed by atoms with Crippen LogP contribution in [0.3, 0.4) is 0 Å². The number of anilines is 1. The van der Waals surface area contributed by atoms with Crippen LogP contribution in [0.4, 0.5) is 5.82 Å². The van der Waals surface area contributed by atoms with E-state index in [1.165, 1.54) is 16.8 Å². The van der Waals surface area contributed by atoms with Crippen LogP contribution in [0.25, 0.3) is 16.8 Å². The Labute approximate surface area is 178 Å². The standard InChI is InChI=1S/C23H20ClN5O/c1-14-15(2)23(27-29-21(30)7-9-25-22(14)29)28-10-8-20-17(13-28)11-16(12-26-20)18-5-3-4-6-19(18)24/h3-7,9,11-12H,8,10,13H2,1-2H3. The average Bonchev–Trinajstić information content (AvgIpc) is 2.76. The van der Waals surface area contributed by atoms with Gasteiger partial charge in [0.1, 0.15) is 0 Å². The van der Waals surface area contributed by atoms with Gasteiger partial charge in [-0.1, -0.05) is 29.8 Å². The van der Waals surface area contributed by atoms with Crippen molar-refractivity contribution in [2.45, 2.75) is 26.8 Å². The quantitative estimate of drug-likeness (QED) is 0.493. The van der Waals surface area contributed by atoms with Crippen LogP contribution in [-0.4, -0.2) is 26.1 Å². The number of hydrogen-bond acceptors (Lipinski definition) is 5. The van der Waals surface area contributed by atoms with Crippen LogP contribution in [0.2, 0.25) is 5.02 Å². The topological polar surface area (TPSA) is 63.4 Å². The Morgan fingerprint density at radius 2 is 1.90 bits per heavy atom. The van der Waals surface area contributed by atoms with Crippen LogP contribution in [0.1, 0.15) is 22.4 Å². The largest absolute Gasteiger partial charge is 0.350 e. The second-order valence-electron chi connectivity index (χ2n) is 7.57. The highest BCUT2D eigenvalue weighted by Gasteiger charge is 2.23. The average molecular weight is 418 g/mol. The van der Waals surface area contributed by atoms with Crippen molar-refractivity contribution in [3.05, 3.63) is 86.6 Å². The van der Waals surface area contributed by atoms with Gasteiger partial charge in [-0.25, -0.2) is 4.98 Å². The molecule has 0 unspecified atom stereocenters. The molecule has 0 atom stereocenters. The first-order valence-corrected chi connectivity index (χ1v) is 10.2. The lowest BCUT2D eigenvalue weighted by Gasteiger charge is -2.31. The zero-order chi connectivity index (χ0) is 20.8. The molecule has 1 aliphatic rings. The number of pyridine rings is 1. The van der Waals surface area contributed by atoms with Gasteiger partial charge in [0.2, 0.25) is 0 Å². The molecule has 0 aliphatic carbocycles. The fourth-order valence-electron chi connectivity index (χ4n) is 4.01. The molecule has 6 nitrogen and oxygen atoms in total. The van der Waals surface area contributed by atoms with Crippen molar-refractivity contribution >= 4 is 23.1 Å². The lowest BCUT2D eigenvalue weighted by molar-refractivity contribution is 0.684. The predicted octanol–water partition coefficient (Wildman–Crippen LogP) is 3.98. The van der Waals surface area contributed by atoms with Gasteiger partial charge in [-0.05, 0) is 31.5 Å². The number of rotatable bonds is 2. The molecule has 4 heterocycles. The number of nitrogens with zero attached hydrogens (tertiary/aromatic N) is 5. The number of halogens is 1. The van der Waals surface area contributed by atoms with Gasteiger partial charge in [0.25, 0.3) is 5.56 Å². The molecular formula is C23H20ClN5O. The summed E-state index contributed by atoms with van der Waals surface area (Å²) >= 11 is 6.39. The van der Waals surface area contributed by atoms with E-state index in [1.54, 1.807) is 0 Å². The third-order valence-corrected chi connectivity index (χ3v) is 6.10. The zero-order valence-electron chi connectivity index (χ0n) is 16.8. The van der Waals surface area contributed by atoms with Gasteiger partial charge in [0, 0.05) is 70.9 Å². The summed E-state index contributed by atoms with van der Waals surface area (Å²) in [5.74, 6) is 0.809. The van der Waals surface area contributed by atoms with Gasteiger partial charge in [0.05, 0.1) is 0 Å². The highest BCUT2D eigenvalue weighted by Crippen LogP contribution is 2.31. The van der Waals surface area contributed by atoms with Gasteiger partial charge in [-0.15, -0.1) is 5.10 Å².